The average molecular weight is 362 g/mol. The fourth-order valence-corrected chi connectivity index (χ4v) is 3.41. The van der Waals surface area contributed by atoms with E-state index in [9.17, 15) is 0 Å². The Bertz CT molecular complexity index is 436. The minimum absolute atomic E-state index is 0.860. The summed E-state index contributed by atoms with van der Waals surface area (Å²) in [5.41, 5.74) is 0. The molecule has 0 spiro atoms. The second kappa shape index (κ2) is 17.3. The van der Waals surface area contributed by atoms with Gasteiger partial charge in [-0.3, -0.25) is 0 Å². The predicted molar refractivity (Wildman–Crippen MR) is 114 cm³/mol. The Balaban J connectivity index is 1.84. The van der Waals surface area contributed by atoms with Gasteiger partial charge in [-0.2, -0.15) is 0 Å². The highest BCUT2D eigenvalue weighted by Crippen LogP contribution is 2.11. The first-order chi connectivity index (χ1) is 12.9. The van der Waals surface area contributed by atoms with E-state index in [-0.39, 0.29) is 0 Å². The van der Waals surface area contributed by atoms with Crippen LogP contribution in [-0.2, 0) is 13.1 Å². The lowest BCUT2D eigenvalue weighted by atomic mass is 10.1. The van der Waals surface area contributed by atoms with Crippen LogP contribution in [0.3, 0.4) is 0 Å². The van der Waals surface area contributed by atoms with Crippen molar-refractivity contribution in [3.63, 3.8) is 0 Å². The van der Waals surface area contributed by atoms with Gasteiger partial charge in [0.15, 0.2) is 0 Å². The number of nitrogens with zero attached hydrogens (tertiary/aromatic N) is 2. The van der Waals surface area contributed by atoms with E-state index in [1.165, 1.54) is 95.7 Å². The number of hydrogen-bond acceptors (Lipinski definition) is 2. The van der Waals surface area contributed by atoms with Crippen LogP contribution in [0.2, 0.25) is 0 Å². The van der Waals surface area contributed by atoms with Crippen molar-refractivity contribution in [2.24, 2.45) is 0 Å². The first-order valence-electron chi connectivity index (χ1n) is 11.2. The number of nitrogens with one attached hydrogen (secondary N) is 1. The van der Waals surface area contributed by atoms with Crippen molar-refractivity contribution in [3.8, 4) is 0 Å². The maximum absolute atomic E-state index is 4.45. The van der Waals surface area contributed by atoms with Crippen LogP contribution >= 0.6 is 0 Å². The number of aromatic nitrogens is 2. The van der Waals surface area contributed by atoms with Crippen molar-refractivity contribution in [2.75, 3.05) is 7.05 Å². The monoisotopic (exact) mass is 361 g/mol. The zero-order chi connectivity index (χ0) is 18.7. The van der Waals surface area contributed by atoms with Gasteiger partial charge in [-0.25, -0.2) is 4.98 Å². The quantitative estimate of drug-likeness (QED) is 0.234. The maximum Gasteiger partial charge on any atom is 0.109 e. The number of rotatable bonds is 18. The molecule has 3 nitrogen and oxygen atoms in total. The lowest BCUT2D eigenvalue weighted by Gasteiger charge is -2.06. The summed E-state index contributed by atoms with van der Waals surface area (Å²) < 4.78 is 2.20. The minimum Gasteiger partial charge on any atom is -0.322 e. The summed E-state index contributed by atoms with van der Waals surface area (Å²) in [6.45, 7) is 3.15. The molecule has 1 aromatic rings. The van der Waals surface area contributed by atoms with E-state index >= 15 is 0 Å². The van der Waals surface area contributed by atoms with Crippen molar-refractivity contribution in [1.29, 1.82) is 0 Å². The van der Waals surface area contributed by atoms with E-state index in [0.717, 1.165) is 13.1 Å². The Kier molecular flexibility index (Phi) is 15.3. The van der Waals surface area contributed by atoms with Gasteiger partial charge < -0.3 is 9.88 Å². The van der Waals surface area contributed by atoms with Gasteiger partial charge in [0.1, 0.15) is 5.82 Å². The summed E-state index contributed by atoms with van der Waals surface area (Å²) in [5, 5.41) is 3.18. The fraction of sp³-hybridized carbons (Fsp3) is 0.783. The Morgan fingerprint density at radius 1 is 0.846 bits per heavy atom. The van der Waals surface area contributed by atoms with Crippen LogP contribution in [0.4, 0.5) is 0 Å². The van der Waals surface area contributed by atoms with Gasteiger partial charge in [-0.15, -0.1) is 0 Å². The molecule has 1 aromatic heterocycles. The van der Waals surface area contributed by atoms with Crippen molar-refractivity contribution in [1.82, 2.24) is 14.9 Å². The predicted octanol–water partition coefficient (Wildman–Crippen LogP) is 6.64. The third kappa shape index (κ3) is 12.3. The van der Waals surface area contributed by atoms with Crippen molar-refractivity contribution < 1.29 is 0 Å². The topological polar surface area (TPSA) is 29.9 Å². The van der Waals surface area contributed by atoms with Crippen molar-refractivity contribution in [2.45, 2.75) is 110 Å². The molecule has 0 saturated heterocycles. The second-order valence-electron chi connectivity index (χ2n) is 7.51. The zero-order valence-electron chi connectivity index (χ0n) is 17.5. The molecule has 0 atom stereocenters. The number of imidazole rings is 1. The average Bonchev–Trinajstić information content (AvgIpc) is 3.09. The Hall–Kier alpha value is -1.09. The molecule has 3 heteroatoms. The molecule has 1 N–H and O–H groups in total. The van der Waals surface area contributed by atoms with Crippen LogP contribution in [0.1, 0.15) is 103 Å². The summed E-state index contributed by atoms with van der Waals surface area (Å²) >= 11 is 0. The molecule has 1 rings (SSSR count). The van der Waals surface area contributed by atoms with Gasteiger partial charge >= 0.3 is 0 Å². The van der Waals surface area contributed by atoms with Crippen LogP contribution in [0.5, 0.6) is 0 Å². The van der Waals surface area contributed by atoms with Crippen LogP contribution < -0.4 is 5.32 Å². The summed E-state index contributed by atoms with van der Waals surface area (Å²) in [4.78, 5) is 4.45. The highest BCUT2D eigenvalue weighted by Gasteiger charge is 2.01. The van der Waals surface area contributed by atoms with Crippen LogP contribution in [0.25, 0.3) is 0 Å². The first kappa shape index (κ1) is 23.0. The number of unbranched alkanes of at least 4 members (excludes halogenated alkanes) is 12. The molecule has 0 aliphatic carbocycles. The summed E-state index contributed by atoms with van der Waals surface area (Å²) in [7, 11) is 1.98. The third-order valence-electron chi connectivity index (χ3n) is 5.04. The standard InChI is InChI=1S/C23H43N3/c1-3-4-5-6-7-8-9-10-11-12-13-14-15-16-17-18-19-23-25-20-21-26(23)22-24-2/h12-13,20-21,24H,3-11,14-19,22H2,1-2H3/b13-12+. The molecule has 0 radical (unpaired) electrons. The zero-order valence-corrected chi connectivity index (χ0v) is 17.5. The van der Waals surface area contributed by atoms with E-state index in [4.69, 9.17) is 0 Å². The molecule has 0 aliphatic rings. The lowest BCUT2D eigenvalue weighted by molar-refractivity contribution is 0.565. The molecule has 26 heavy (non-hydrogen) atoms. The van der Waals surface area contributed by atoms with E-state index in [1.807, 2.05) is 13.2 Å². The maximum atomic E-state index is 4.45. The Labute approximate surface area is 162 Å². The van der Waals surface area contributed by atoms with Crippen LogP contribution in [0, 0.1) is 0 Å². The van der Waals surface area contributed by atoms with Gasteiger partial charge in [-0.05, 0) is 39.2 Å². The van der Waals surface area contributed by atoms with Crippen LogP contribution in [0.15, 0.2) is 24.5 Å². The number of allylic oxidation sites excluding steroid dienone is 2. The van der Waals surface area contributed by atoms with Gasteiger partial charge in [0.2, 0.25) is 0 Å². The molecule has 1 heterocycles. The van der Waals surface area contributed by atoms with E-state index in [0.29, 0.717) is 0 Å². The molecule has 0 unspecified atom stereocenters. The Morgan fingerprint density at radius 3 is 2.04 bits per heavy atom. The van der Waals surface area contributed by atoms with Gasteiger partial charge in [0.05, 0.1) is 6.67 Å². The normalized spacial score (nSPS) is 11.6. The number of aryl methyl sites for hydroxylation is 1. The van der Waals surface area contributed by atoms with Gasteiger partial charge in [0.25, 0.3) is 0 Å². The second-order valence-corrected chi connectivity index (χ2v) is 7.51. The molecular formula is C23H43N3. The molecule has 0 fully saturated rings. The molecule has 150 valence electrons. The van der Waals surface area contributed by atoms with E-state index in [1.54, 1.807) is 0 Å². The lowest BCUT2D eigenvalue weighted by Crippen LogP contribution is -2.14. The smallest absolute Gasteiger partial charge is 0.109 e. The minimum atomic E-state index is 0.860. The SMILES string of the molecule is CCCCCCCCCC/C=C/CCCCCCc1nccn1CNC. The molecular weight excluding hydrogens is 318 g/mol. The molecule has 0 aliphatic heterocycles. The fourth-order valence-electron chi connectivity index (χ4n) is 3.41. The van der Waals surface area contributed by atoms with E-state index < -0.39 is 0 Å². The summed E-state index contributed by atoms with van der Waals surface area (Å²) in [5.74, 6) is 1.21. The molecule has 0 bridgehead atoms. The summed E-state index contributed by atoms with van der Waals surface area (Å²) in [6.07, 6.45) is 29.0. The molecule has 0 aromatic carbocycles. The van der Waals surface area contributed by atoms with Crippen LogP contribution in [-0.4, -0.2) is 16.6 Å². The third-order valence-corrected chi connectivity index (χ3v) is 5.04. The summed E-state index contributed by atoms with van der Waals surface area (Å²) in [6, 6.07) is 0. The highest BCUT2D eigenvalue weighted by molar-refractivity contribution is 4.92. The van der Waals surface area contributed by atoms with Gasteiger partial charge in [-0.1, -0.05) is 76.9 Å². The van der Waals surface area contributed by atoms with Crippen molar-refractivity contribution in [3.05, 3.63) is 30.4 Å². The molecule has 0 amide bonds. The van der Waals surface area contributed by atoms with Crippen molar-refractivity contribution >= 4 is 0 Å². The number of hydrogen-bond donors (Lipinski definition) is 1. The Morgan fingerprint density at radius 2 is 1.42 bits per heavy atom. The molecule has 0 saturated carbocycles. The van der Waals surface area contributed by atoms with E-state index in [2.05, 4.69) is 40.1 Å². The highest BCUT2D eigenvalue weighted by atomic mass is 15.1. The first-order valence-corrected chi connectivity index (χ1v) is 11.2. The largest absolute Gasteiger partial charge is 0.322 e. The van der Waals surface area contributed by atoms with Gasteiger partial charge in [0, 0.05) is 18.8 Å².